The normalized spacial score (nSPS) is 23.3. The summed E-state index contributed by atoms with van der Waals surface area (Å²) in [5.41, 5.74) is 6.85. The van der Waals surface area contributed by atoms with Gasteiger partial charge in [-0.1, -0.05) is 12.2 Å². The van der Waals surface area contributed by atoms with Gasteiger partial charge in [-0.25, -0.2) is 0 Å². The fourth-order valence-electron chi connectivity index (χ4n) is 2.40. The summed E-state index contributed by atoms with van der Waals surface area (Å²) in [7, 11) is 0. The Morgan fingerprint density at radius 2 is 2.29 bits per heavy atom. The summed E-state index contributed by atoms with van der Waals surface area (Å²) in [5.74, 6) is 0. The third-order valence-electron chi connectivity index (χ3n) is 3.11. The van der Waals surface area contributed by atoms with Crippen LogP contribution in [0.4, 0.5) is 0 Å². The van der Waals surface area contributed by atoms with Crippen molar-refractivity contribution in [2.45, 2.75) is 51.6 Å². The van der Waals surface area contributed by atoms with Crippen molar-refractivity contribution in [2.24, 2.45) is 5.73 Å². The van der Waals surface area contributed by atoms with Gasteiger partial charge < -0.3 is 5.73 Å². The van der Waals surface area contributed by atoms with Crippen LogP contribution in [0.1, 0.15) is 39.5 Å². The molecule has 0 aromatic rings. The third kappa shape index (κ3) is 3.10. The highest BCUT2D eigenvalue weighted by molar-refractivity contribution is 5.00. The zero-order chi connectivity index (χ0) is 10.6. The molecule has 1 atom stereocenters. The van der Waals surface area contributed by atoms with Crippen LogP contribution in [0.25, 0.3) is 0 Å². The zero-order valence-corrected chi connectivity index (χ0v) is 9.63. The molecule has 0 amide bonds. The molecule has 0 aromatic heterocycles. The fraction of sp³-hybridized carbons (Fsp3) is 0.833. The van der Waals surface area contributed by atoms with Gasteiger partial charge in [0.1, 0.15) is 0 Å². The summed E-state index contributed by atoms with van der Waals surface area (Å²) >= 11 is 0. The fourth-order valence-corrected chi connectivity index (χ4v) is 2.40. The first-order chi connectivity index (χ1) is 6.65. The van der Waals surface area contributed by atoms with Crippen LogP contribution >= 0.6 is 0 Å². The van der Waals surface area contributed by atoms with Gasteiger partial charge in [0.25, 0.3) is 0 Å². The highest BCUT2D eigenvalue weighted by Crippen LogP contribution is 2.25. The number of nitrogens with zero attached hydrogens (tertiary/aromatic N) is 1. The Morgan fingerprint density at radius 1 is 1.57 bits per heavy atom. The molecular weight excluding hydrogens is 172 g/mol. The SMILES string of the molecule is C=C(CCN)CC1CCCN1C(C)C. The summed E-state index contributed by atoms with van der Waals surface area (Å²) in [6.45, 7) is 10.7. The molecule has 2 N–H and O–H groups in total. The summed E-state index contributed by atoms with van der Waals surface area (Å²) in [6.07, 6.45) is 4.82. The molecule has 1 unspecified atom stereocenters. The van der Waals surface area contributed by atoms with Gasteiger partial charge in [0.05, 0.1) is 0 Å². The molecule has 1 aliphatic rings. The molecule has 1 rings (SSSR count). The number of rotatable bonds is 5. The second kappa shape index (κ2) is 5.52. The van der Waals surface area contributed by atoms with Crippen molar-refractivity contribution >= 4 is 0 Å². The molecule has 0 radical (unpaired) electrons. The molecule has 0 aliphatic carbocycles. The van der Waals surface area contributed by atoms with Crippen LogP contribution in [0.2, 0.25) is 0 Å². The van der Waals surface area contributed by atoms with Crippen molar-refractivity contribution in [1.29, 1.82) is 0 Å². The average Bonchev–Trinajstić information content (AvgIpc) is 2.52. The van der Waals surface area contributed by atoms with Crippen LogP contribution in [0.5, 0.6) is 0 Å². The minimum Gasteiger partial charge on any atom is -0.330 e. The van der Waals surface area contributed by atoms with Gasteiger partial charge in [-0.3, -0.25) is 4.90 Å². The van der Waals surface area contributed by atoms with E-state index in [1.807, 2.05) is 0 Å². The Balaban J connectivity index is 2.39. The minimum absolute atomic E-state index is 0.674. The lowest BCUT2D eigenvalue weighted by molar-refractivity contribution is 0.202. The van der Waals surface area contributed by atoms with Crippen LogP contribution in [-0.4, -0.2) is 30.1 Å². The van der Waals surface area contributed by atoms with Crippen molar-refractivity contribution in [3.8, 4) is 0 Å². The Bertz CT molecular complexity index is 187. The summed E-state index contributed by atoms with van der Waals surface area (Å²) in [4.78, 5) is 2.60. The van der Waals surface area contributed by atoms with E-state index in [0.29, 0.717) is 6.04 Å². The summed E-state index contributed by atoms with van der Waals surface area (Å²) in [5, 5.41) is 0. The van der Waals surface area contributed by atoms with E-state index in [9.17, 15) is 0 Å². The van der Waals surface area contributed by atoms with Gasteiger partial charge in [-0.05, 0) is 52.6 Å². The molecule has 0 saturated carbocycles. The molecule has 0 spiro atoms. The first-order valence-corrected chi connectivity index (χ1v) is 5.77. The molecule has 1 heterocycles. The Hall–Kier alpha value is -0.340. The lowest BCUT2D eigenvalue weighted by Gasteiger charge is -2.28. The molecule has 1 aliphatic heterocycles. The maximum atomic E-state index is 5.52. The van der Waals surface area contributed by atoms with E-state index in [1.165, 1.54) is 25.0 Å². The van der Waals surface area contributed by atoms with Crippen molar-refractivity contribution in [2.75, 3.05) is 13.1 Å². The van der Waals surface area contributed by atoms with E-state index in [4.69, 9.17) is 5.73 Å². The van der Waals surface area contributed by atoms with E-state index in [-0.39, 0.29) is 0 Å². The Kier molecular flexibility index (Phi) is 4.63. The number of nitrogens with two attached hydrogens (primary N) is 1. The Morgan fingerprint density at radius 3 is 2.86 bits per heavy atom. The second-order valence-corrected chi connectivity index (χ2v) is 4.62. The van der Waals surface area contributed by atoms with Crippen molar-refractivity contribution in [3.63, 3.8) is 0 Å². The molecule has 82 valence electrons. The van der Waals surface area contributed by atoms with E-state index in [0.717, 1.165) is 25.4 Å². The highest BCUT2D eigenvalue weighted by Gasteiger charge is 2.26. The molecule has 2 nitrogen and oxygen atoms in total. The maximum absolute atomic E-state index is 5.52. The first-order valence-electron chi connectivity index (χ1n) is 5.77. The molecule has 0 bridgehead atoms. The van der Waals surface area contributed by atoms with Crippen LogP contribution in [0, 0.1) is 0 Å². The smallest absolute Gasteiger partial charge is 0.0135 e. The van der Waals surface area contributed by atoms with Crippen molar-refractivity contribution in [1.82, 2.24) is 4.90 Å². The number of hydrogen-bond donors (Lipinski definition) is 1. The average molecular weight is 196 g/mol. The van der Waals surface area contributed by atoms with Gasteiger partial charge in [-0.2, -0.15) is 0 Å². The zero-order valence-electron chi connectivity index (χ0n) is 9.63. The largest absolute Gasteiger partial charge is 0.330 e. The number of likely N-dealkylation sites (tertiary alicyclic amines) is 1. The van der Waals surface area contributed by atoms with Gasteiger partial charge in [0, 0.05) is 12.1 Å². The third-order valence-corrected chi connectivity index (χ3v) is 3.11. The summed E-state index contributed by atoms with van der Waals surface area (Å²) in [6, 6.07) is 1.40. The van der Waals surface area contributed by atoms with Crippen LogP contribution in [0.15, 0.2) is 12.2 Å². The lowest BCUT2D eigenvalue weighted by Crippen LogP contribution is -2.35. The van der Waals surface area contributed by atoms with Crippen molar-refractivity contribution < 1.29 is 0 Å². The predicted octanol–water partition coefficient (Wildman–Crippen LogP) is 2.15. The van der Waals surface area contributed by atoms with Gasteiger partial charge in [0.15, 0.2) is 0 Å². The molecule has 1 saturated heterocycles. The van der Waals surface area contributed by atoms with Gasteiger partial charge in [0.2, 0.25) is 0 Å². The monoisotopic (exact) mass is 196 g/mol. The van der Waals surface area contributed by atoms with E-state index < -0.39 is 0 Å². The molecule has 2 heteroatoms. The second-order valence-electron chi connectivity index (χ2n) is 4.62. The molecule has 14 heavy (non-hydrogen) atoms. The molecule has 1 fully saturated rings. The predicted molar refractivity (Wildman–Crippen MR) is 62.3 cm³/mol. The topological polar surface area (TPSA) is 29.3 Å². The van der Waals surface area contributed by atoms with Gasteiger partial charge in [-0.15, -0.1) is 0 Å². The van der Waals surface area contributed by atoms with Crippen molar-refractivity contribution in [3.05, 3.63) is 12.2 Å². The van der Waals surface area contributed by atoms with Gasteiger partial charge >= 0.3 is 0 Å². The lowest BCUT2D eigenvalue weighted by atomic mass is 10.0. The minimum atomic E-state index is 0.674. The van der Waals surface area contributed by atoms with Crippen LogP contribution < -0.4 is 5.73 Å². The highest BCUT2D eigenvalue weighted by atomic mass is 15.2. The van der Waals surface area contributed by atoms with Crippen LogP contribution in [0.3, 0.4) is 0 Å². The maximum Gasteiger partial charge on any atom is 0.0135 e. The van der Waals surface area contributed by atoms with Crippen LogP contribution in [-0.2, 0) is 0 Å². The Labute approximate surface area is 88.2 Å². The first kappa shape index (κ1) is 11.7. The molecule has 0 aromatic carbocycles. The number of hydrogen-bond acceptors (Lipinski definition) is 2. The van der Waals surface area contributed by atoms with E-state index in [1.54, 1.807) is 0 Å². The standard InChI is InChI=1S/C12H24N2/c1-10(2)14-8-4-5-12(14)9-11(3)6-7-13/h10,12H,3-9,13H2,1-2H3. The van der Waals surface area contributed by atoms with E-state index in [2.05, 4.69) is 25.3 Å². The molecular formula is C12H24N2. The summed E-state index contributed by atoms with van der Waals surface area (Å²) < 4.78 is 0. The quantitative estimate of drug-likeness (QED) is 0.683. The van der Waals surface area contributed by atoms with E-state index >= 15 is 0 Å².